The fraction of sp³-hybridized carbons (Fsp3) is 0.444. The number of carbonyl (C=O) groups excluding carboxylic acids is 1. The molecule has 1 aromatic rings. The lowest BCUT2D eigenvalue weighted by atomic mass is 10.5. The van der Waals surface area contributed by atoms with Crippen LogP contribution in [0.1, 0.15) is 6.92 Å². The van der Waals surface area contributed by atoms with Crippen molar-refractivity contribution in [3.63, 3.8) is 0 Å². The molecule has 96 valence electrons. The predicted molar refractivity (Wildman–Crippen MR) is 70.5 cm³/mol. The second-order valence-electron chi connectivity index (χ2n) is 3.27. The Morgan fingerprint density at radius 3 is 2.65 bits per heavy atom. The van der Waals surface area contributed by atoms with Crippen LogP contribution in [0.2, 0.25) is 0 Å². The first-order valence-electron chi connectivity index (χ1n) is 4.86. The van der Waals surface area contributed by atoms with Gasteiger partial charge in [-0.1, -0.05) is 0 Å². The molecule has 0 radical (unpaired) electrons. The van der Waals surface area contributed by atoms with E-state index in [1.807, 2.05) is 0 Å². The second kappa shape index (κ2) is 5.94. The Bertz CT molecular complexity index is 498. The molecule has 0 spiro atoms. The molecular formula is C9H13BrN2O3S2. The lowest BCUT2D eigenvalue weighted by molar-refractivity contribution is -0.121. The van der Waals surface area contributed by atoms with E-state index in [1.165, 1.54) is 13.1 Å². The molecule has 0 aromatic carbocycles. The van der Waals surface area contributed by atoms with Crippen LogP contribution in [0, 0.1) is 0 Å². The Morgan fingerprint density at radius 1 is 1.53 bits per heavy atom. The fourth-order valence-corrected chi connectivity index (χ4v) is 4.48. The third kappa shape index (κ3) is 3.77. The van der Waals surface area contributed by atoms with Gasteiger partial charge >= 0.3 is 0 Å². The van der Waals surface area contributed by atoms with Gasteiger partial charge in [0.2, 0.25) is 5.91 Å². The maximum Gasteiger partial charge on any atom is 0.252 e. The van der Waals surface area contributed by atoms with Crippen molar-refractivity contribution in [3.8, 4) is 0 Å². The number of halogens is 1. The number of nitrogens with one attached hydrogen (secondary N) is 1. The Balaban J connectivity index is 2.81. The molecule has 1 amide bonds. The summed E-state index contributed by atoms with van der Waals surface area (Å²) in [5.74, 6) is -0.311. The monoisotopic (exact) mass is 340 g/mol. The molecule has 17 heavy (non-hydrogen) atoms. The highest BCUT2D eigenvalue weighted by Gasteiger charge is 2.24. The summed E-state index contributed by atoms with van der Waals surface area (Å²) in [6.45, 7) is 2.09. The number of likely N-dealkylation sites (N-methyl/N-ethyl adjacent to an activating group) is 2. The lowest BCUT2D eigenvalue weighted by Crippen LogP contribution is -2.37. The molecule has 1 rings (SSSR count). The summed E-state index contributed by atoms with van der Waals surface area (Å²) < 4.78 is 26.0. The zero-order valence-electron chi connectivity index (χ0n) is 9.44. The van der Waals surface area contributed by atoms with Crippen LogP contribution in [-0.4, -0.2) is 38.8 Å². The quantitative estimate of drug-likeness (QED) is 0.877. The summed E-state index contributed by atoms with van der Waals surface area (Å²) in [7, 11) is -2.18. The molecule has 0 bridgehead atoms. The predicted octanol–water partition coefficient (Wildman–Crippen LogP) is 1.27. The summed E-state index contributed by atoms with van der Waals surface area (Å²) in [4.78, 5) is 11.3. The van der Waals surface area contributed by atoms with Gasteiger partial charge in [0, 0.05) is 13.6 Å². The standard InChI is InChI=1S/C9H13BrN2O3S2/c1-3-11-8(13)6-12(2)17(14,15)9-5-4-7(10)16-9/h4-5H,3,6H2,1-2H3,(H,11,13). The van der Waals surface area contributed by atoms with Crippen molar-refractivity contribution >= 4 is 43.2 Å². The van der Waals surface area contributed by atoms with Crippen LogP contribution in [-0.2, 0) is 14.8 Å². The molecule has 0 saturated heterocycles. The minimum absolute atomic E-state index is 0.175. The first-order valence-corrected chi connectivity index (χ1v) is 7.91. The van der Waals surface area contributed by atoms with Crippen LogP contribution in [0.5, 0.6) is 0 Å². The SMILES string of the molecule is CCNC(=O)CN(C)S(=O)(=O)c1ccc(Br)s1. The van der Waals surface area contributed by atoms with Gasteiger partial charge in [-0.05, 0) is 35.0 Å². The third-order valence-electron chi connectivity index (χ3n) is 1.95. The van der Waals surface area contributed by atoms with Crippen LogP contribution in [0.4, 0.5) is 0 Å². The first-order chi connectivity index (χ1) is 7.87. The Morgan fingerprint density at radius 2 is 2.18 bits per heavy atom. The van der Waals surface area contributed by atoms with Gasteiger partial charge in [-0.2, -0.15) is 4.31 Å². The third-order valence-corrected chi connectivity index (χ3v) is 5.85. The minimum atomic E-state index is -3.57. The number of thiophene rings is 1. The fourth-order valence-electron chi connectivity index (χ4n) is 1.13. The van der Waals surface area contributed by atoms with Crippen LogP contribution >= 0.6 is 27.3 Å². The van der Waals surface area contributed by atoms with Gasteiger partial charge in [0.05, 0.1) is 10.3 Å². The van der Waals surface area contributed by atoms with Crippen molar-refractivity contribution in [2.24, 2.45) is 0 Å². The lowest BCUT2D eigenvalue weighted by Gasteiger charge is -2.15. The largest absolute Gasteiger partial charge is 0.355 e. The smallest absolute Gasteiger partial charge is 0.252 e. The molecule has 8 heteroatoms. The summed E-state index contributed by atoms with van der Waals surface area (Å²) >= 11 is 4.32. The first kappa shape index (κ1) is 14.6. The van der Waals surface area contributed by atoms with Crippen molar-refractivity contribution in [1.82, 2.24) is 9.62 Å². The minimum Gasteiger partial charge on any atom is -0.355 e. The van der Waals surface area contributed by atoms with E-state index < -0.39 is 10.0 Å². The van der Waals surface area contributed by atoms with E-state index in [9.17, 15) is 13.2 Å². The molecular weight excluding hydrogens is 328 g/mol. The van der Waals surface area contributed by atoms with E-state index in [0.29, 0.717) is 6.54 Å². The van der Waals surface area contributed by atoms with Gasteiger partial charge < -0.3 is 5.32 Å². The topological polar surface area (TPSA) is 66.5 Å². The summed E-state index contributed by atoms with van der Waals surface area (Å²) in [6.07, 6.45) is 0. The summed E-state index contributed by atoms with van der Waals surface area (Å²) in [6, 6.07) is 3.18. The van der Waals surface area contributed by atoms with E-state index in [1.54, 1.807) is 13.0 Å². The highest BCUT2D eigenvalue weighted by atomic mass is 79.9. The summed E-state index contributed by atoms with van der Waals surface area (Å²) in [5.41, 5.74) is 0. The molecule has 0 unspecified atom stereocenters. The number of hydrogen-bond acceptors (Lipinski definition) is 4. The van der Waals surface area contributed by atoms with Gasteiger partial charge in [0.1, 0.15) is 4.21 Å². The Kier molecular flexibility index (Phi) is 5.11. The van der Waals surface area contributed by atoms with Gasteiger partial charge in [0.15, 0.2) is 0 Å². The van der Waals surface area contributed by atoms with Crippen molar-refractivity contribution in [2.75, 3.05) is 20.1 Å². The van der Waals surface area contributed by atoms with E-state index in [0.717, 1.165) is 19.4 Å². The molecule has 1 aromatic heterocycles. The number of carbonyl (C=O) groups is 1. The zero-order valence-corrected chi connectivity index (χ0v) is 12.7. The highest BCUT2D eigenvalue weighted by Crippen LogP contribution is 2.27. The second-order valence-corrected chi connectivity index (χ2v) is 8.01. The van der Waals surface area contributed by atoms with Crippen LogP contribution < -0.4 is 5.32 Å². The van der Waals surface area contributed by atoms with Crippen molar-refractivity contribution in [2.45, 2.75) is 11.1 Å². The van der Waals surface area contributed by atoms with Gasteiger partial charge in [-0.25, -0.2) is 8.42 Å². The average molecular weight is 341 g/mol. The Labute approximate surface area is 113 Å². The number of hydrogen-bond donors (Lipinski definition) is 1. The molecule has 1 N–H and O–H groups in total. The van der Waals surface area contributed by atoms with Crippen LogP contribution in [0.25, 0.3) is 0 Å². The average Bonchev–Trinajstić information content (AvgIpc) is 2.65. The Hall–Kier alpha value is -0.440. The summed E-state index contributed by atoms with van der Waals surface area (Å²) in [5, 5.41) is 2.55. The number of rotatable bonds is 5. The van der Waals surface area contributed by atoms with E-state index in [-0.39, 0.29) is 16.7 Å². The van der Waals surface area contributed by atoms with E-state index >= 15 is 0 Å². The molecule has 0 aliphatic rings. The normalized spacial score (nSPS) is 11.8. The highest BCUT2D eigenvalue weighted by molar-refractivity contribution is 9.11. The molecule has 0 aliphatic carbocycles. The van der Waals surface area contributed by atoms with Crippen molar-refractivity contribution in [1.29, 1.82) is 0 Å². The maximum absolute atomic E-state index is 12.0. The molecule has 0 atom stereocenters. The number of sulfonamides is 1. The maximum atomic E-state index is 12.0. The number of amides is 1. The van der Waals surface area contributed by atoms with Crippen LogP contribution in [0.15, 0.2) is 20.1 Å². The van der Waals surface area contributed by atoms with E-state index in [2.05, 4.69) is 21.2 Å². The van der Waals surface area contributed by atoms with Gasteiger partial charge in [-0.15, -0.1) is 11.3 Å². The van der Waals surface area contributed by atoms with Crippen LogP contribution in [0.3, 0.4) is 0 Å². The molecule has 5 nitrogen and oxygen atoms in total. The molecule has 1 heterocycles. The zero-order chi connectivity index (χ0) is 13.1. The van der Waals surface area contributed by atoms with E-state index in [4.69, 9.17) is 0 Å². The van der Waals surface area contributed by atoms with Crippen molar-refractivity contribution < 1.29 is 13.2 Å². The van der Waals surface area contributed by atoms with Gasteiger partial charge in [0.25, 0.3) is 10.0 Å². The van der Waals surface area contributed by atoms with Gasteiger partial charge in [-0.3, -0.25) is 4.79 Å². The van der Waals surface area contributed by atoms with Crippen molar-refractivity contribution in [3.05, 3.63) is 15.9 Å². The molecule has 0 fully saturated rings. The molecule has 0 saturated carbocycles. The number of nitrogens with zero attached hydrogens (tertiary/aromatic N) is 1. The molecule has 0 aliphatic heterocycles.